The van der Waals surface area contributed by atoms with E-state index >= 15 is 0 Å². The van der Waals surface area contributed by atoms with Crippen LogP contribution in [0.4, 0.5) is 0 Å². The summed E-state index contributed by atoms with van der Waals surface area (Å²) in [5.41, 5.74) is 2.52. The van der Waals surface area contributed by atoms with E-state index in [1.54, 1.807) is 0 Å². The molecule has 0 aliphatic carbocycles. The summed E-state index contributed by atoms with van der Waals surface area (Å²) in [6.07, 6.45) is 1.87. The lowest BCUT2D eigenvalue weighted by atomic mass is 9.89. The summed E-state index contributed by atoms with van der Waals surface area (Å²) in [7, 11) is 0. The number of hydrogen-bond acceptors (Lipinski definition) is 3. The number of piperazine rings is 1. The SMILES string of the molecule is CC1(c2ccccc2)CN(Cc2ccccn2)CCN1. The van der Waals surface area contributed by atoms with Crippen molar-refractivity contribution in [3.8, 4) is 0 Å². The van der Waals surface area contributed by atoms with Crippen LogP contribution in [0.3, 0.4) is 0 Å². The van der Waals surface area contributed by atoms with Crippen LogP contribution in [0.15, 0.2) is 54.7 Å². The molecule has 0 bridgehead atoms. The summed E-state index contributed by atoms with van der Waals surface area (Å²) in [4.78, 5) is 6.91. The summed E-state index contributed by atoms with van der Waals surface area (Å²) in [5.74, 6) is 0. The Morgan fingerprint density at radius 3 is 2.70 bits per heavy atom. The van der Waals surface area contributed by atoms with Crippen molar-refractivity contribution in [3.63, 3.8) is 0 Å². The molecule has 1 aromatic heterocycles. The van der Waals surface area contributed by atoms with E-state index in [1.165, 1.54) is 5.56 Å². The average molecular weight is 267 g/mol. The van der Waals surface area contributed by atoms with Crippen LogP contribution in [0.25, 0.3) is 0 Å². The van der Waals surface area contributed by atoms with Gasteiger partial charge in [0.2, 0.25) is 0 Å². The molecule has 1 aliphatic rings. The van der Waals surface area contributed by atoms with Gasteiger partial charge in [-0.05, 0) is 24.6 Å². The molecule has 1 aliphatic heterocycles. The van der Waals surface area contributed by atoms with Crippen molar-refractivity contribution in [1.29, 1.82) is 0 Å². The van der Waals surface area contributed by atoms with Gasteiger partial charge >= 0.3 is 0 Å². The monoisotopic (exact) mass is 267 g/mol. The number of hydrogen-bond donors (Lipinski definition) is 1. The minimum Gasteiger partial charge on any atom is -0.305 e. The fourth-order valence-corrected chi connectivity index (χ4v) is 2.93. The molecule has 3 heteroatoms. The molecule has 2 heterocycles. The Hall–Kier alpha value is -1.71. The van der Waals surface area contributed by atoms with E-state index in [1.807, 2.05) is 12.3 Å². The summed E-state index contributed by atoms with van der Waals surface area (Å²) < 4.78 is 0. The Bertz CT molecular complexity index is 541. The highest BCUT2D eigenvalue weighted by Crippen LogP contribution is 2.24. The van der Waals surface area contributed by atoms with Gasteiger partial charge in [0.15, 0.2) is 0 Å². The Kier molecular flexibility index (Phi) is 3.81. The maximum Gasteiger partial charge on any atom is 0.0543 e. The maximum absolute atomic E-state index is 4.43. The second kappa shape index (κ2) is 5.73. The zero-order valence-corrected chi connectivity index (χ0v) is 11.9. The third-order valence-corrected chi connectivity index (χ3v) is 4.01. The molecule has 1 fully saturated rings. The van der Waals surface area contributed by atoms with Crippen LogP contribution in [0, 0.1) is 0 Å². The second-order valence-corrected chi connectivity index (χ2v) is 5.66. The van der Waals surface area contributed by atoms with E-state index in [0.717, 1.165) is 31.9 Å². The van der Waals surface area contributed by atoms with E-state index < -0.39 is 0 Å². The molecular formula is C17H21N3. The summed E-state index contributed by atoms with van der Waals surface area (Å²) in [6, 6.07) is 16.8. The van der Waals surface area contributed by atoms with Crippen molar-refractivity contribution >= 4 is 0 Å². The Balaban J connectivity index is 1.73. The van der Waals surface area contributed by atoms with Crippen molar-refractivity contribution in [2.45, 2.75) is 19.0 Å². The van der Waals surface area contributed by atoms with Gasteiger partial charge in [0.1, 0.15) is 0 Å². The van der Waals surface area contributed by atoms with Crippen LogP contribution in [0.1, 0.15) is 18.2 Å². The first-order valence-corrected chi connectivity index (χ1v) is 7.19. The molecule has 20 heavy (non-hydrogen) atoms. The molecule has 1 unspecified atom stereocenters. The Morgan fingerprint density at radius 1 is 1.15 bits per heavy atom. The van der Waals surface area contributed by atoms with Gasteiger partial charge in [-0.3, -0.25) is 9.88 Å². The minimum absolute atomic E-state index is 0.0221. The summed E-state index contributed by atoms with van der Waals surface area (Å²) in [5, 5.41) is 3.67. The third kappa shape index (κ3) is 2.89. The van der Waals surface area contributed by atoms with Gasteiger partial charge in [0.25, 0.3) is 0 Å². The topological polar surface area (TPSA) is 28.2 Å². The number of nitrogens with one attached hydrogen (secondary N) is 1. The molecule has 0 spiro atoms. The standard InChI is InChI=1S/C17H21N3/c1-17(15-7-3-2-4-8-15)14-20(12-11-19-17)13-16-9-5-6-10-18-16/h2-10,19H,11-14H2,1H3. The first kappa shape index (κ1) is 13.3. The number of rotatable bonds is 3. The fourth-order valence-electron chi connectivity index (χ4n) is 2.93. The van der Waals surface area contributed by atoms with E-state index in [-0.39, 0.29) is 5.54 Å². The normalized spacial score (nSPS) is 23.6. The van der Waals surface area contributed by atoms with Gasteiger partial charge in [0.05, 0.1) is 11.2 Å². The van der Waals surface area contributed by atoms with Gasteiger partial charge in [-0.25, -0.2) is 0 Å². The van der Waals surface area contributed by atoms with E-state index in [4.69, 9.17) is 0 Å². The maximum atomic E-state index is 4.43. The quantitative estimate of drug-likeness (QED) is 0.925. The van der Waals surface area contributed by atoms with Crippen LogP contribution < -0.4 is 5.32 Å². The largest absolute Gasteiger partial charge is 0.305 e. The van der Waals surface area contributed by atoms with Gasteiger partial charge < -0.3 is 5.32 Å². The molecule has 1 atom stereocenters. The van der Waals surface area contributed by atoms with Crippen LogP contribution in [0.2, 0.25) is 0 Å². The molecule has 0 saturated carbocycles. The molecule has 3 nitrogen and oxygen atoms in total. The van der Waals surface area contributed by atoms with Crippen molar-refractivity contribution in [2.75, 3.05) is 19.6 Å². The van der Waals surface area contributed by atoms with Crippen molar-refractivity contribution in [2.24, 2.45) is 0 Å². The first-order chi connectivity index (χ1) is 9.76. The highest BCUT2D eigenvalue weighted by Gasteiger charge is 2.31. The molecule has 104 valence electrons. The second-order valence-electron chi connectivity index (χ2n) is 5.66. The lowest BCUT2D eigenvalue weighted by Gasteiger charge is -2.41. The third-order valence-electron chi connectivity index (χ3n) is 4.01. The van der Waals surface area contributed by atoms with Crippen molar-refractivity contribution in [1.82, 2.24) is 15.2 Å². The zero-order chi connectivity index (χ0) is 13.8. The minimum atomic E-state index is 0.0221. The predicted molar refractivity (Wildman–Crippen MR) is 81.3 cm³/mol. The van der Waals surface area contributed by atoms with Crippen LogP contribution in [-0.4, -0.2) is 29.5 Å². The van der Waals surface area contributed by atoms with Crippen molar-refractivity contribution < 1.29 is 0 Å². The fraction of sp³-hybridized carbons (Fsp3) is 0.353. The van der Waals surface area contributed by atoms with Crippen LogP contribution >= 0.6 is 0 Å². The molecule has 0 amide bonds. The highest BCUT2D eigenvalue weighted by atomic mass is 15.2. The predicted octanol–water partition coefficient (Wildman–Crippen LogP) is 2.40. The smallest absolute Gasteiger partial charge is 0.0543 e. The first-order valence-electron chi connectivity index (χ1n) is 7.19. The van der Waals surface area contributed by atoms with Crippen LogP contribution in [-0.2, 0) is 12.1 Å². The van der Waals surface area contributed by atoms with Crippen molar-refractivity contribution in [3.05, 3.63) is 66.0 Å². The number of pyridine rings is 1. The van der Waals surface area contributed by atoms with Crippen LogP contribution in [0.5, 0.6) is 0 Å². The van der Waals surface area contributed by atoms with Gasteiger partial charge in [-0.1, -0.05) is 36.4 Å². The number of aromatic nitrogens is 1. The molecule has 1 aromatic carbocycles. The van der Waals surface area contributed by atoms with E-state index in [0.29, 0.717) is 0 Å². The zero-order valence-electron chi connectivity index (χ0n) is 11.9. The van der Waals surface area contributed by atoms with Gasteiger partial charge in [-0.15, -0.1) is 0 Å². The van der Waals surface area contributed by atoms with E-state index in [9.17, 15) is 0 Å². The number of nitrogens with zero attached hydrogens (tertiary/aromatic N) is 2. The molecule has 1 N–H and O–H groups in total. The van der Waals surface area contributed by atoms with E-state index in [2.05, 4.69) is 64.6 Å². The Morgan fingerprint density at radius 2 is 1.95 bits per heavy atom. The highest BCUT2D eigenvalue weighted by molar-refractivity contribution is 5.25. The molecule has 0 radical (unpaired) electrons. The lowest BCUT2D eigenvalue weighted by Crippen LogP contribution is -2.56. The summed E-state index contributed by atoms with van der Waals surface area (Å²) >= 11 is 0. The van der Waals surface area contributed by atoms with Gasteiger partial charge in [0, 0.05) is 32.4 Å². The Labute approximate surface area is 120 Å². The molecule has 1 saturated heterocycles. The van der Waals surface area contributed by atoms with Gasteiger partial charge in [-0.2, -0.15) is 0 Å². The molecular weight excluding hydrogens is 246 g/mol. The lowest BCUT2D eigenvalue weighted by molar-refractivity contribution is 0.135. The number of benzene rings is 1. The average Bonchev–Trinajstić information content (AvgIpc) is 2.49. The summed E-state index contributed by atoms with van der Waals surface area (Å²) in [6.45, 7) is 6.29. The molecule has 2 aromatic rings. The molecule has 3 rings (SSSR count).